The summed E-state index contributed by atoms with van der Waals surface area (Å²) in [4.78, 5) is 37.2. The van der Waals surface area contributed by atoms with Gasteiger partial charge in [-0.05, 0) is 31.2 Å². The average molecular weight is 588 g/mol. The lowest BCUT2D eigenvalue weighted by Gasteiger charge is -2.41. The number of halogens is 3. The maximum atomic E-state index is 15.1. The van der Waals surface area contributed by atoms with Crippen molar-refractivity contribution in [3.8, 4) is 11.1 Å². The number of anilines is 1. The second kappa shape index (κ2) is 10.8. The van der Waals surface area contributed by atoms with Crippen molar-refractivity contribution in [3.05, 3.63) is 64.1 Å². The van der Waals surface area contributed by atoms with Crippen LogP contribution in [0.2, 0.25) is 5.02 Å². The second-order valence-electron chi connectivity index (χ2n) is 10.3. The van der Waals surface area contributed by atoms with Gasteiger partial charge < -0.3 is 14.5 Å². The minimum Gasteiger partial charge on any atom is -0.365 e. The minimum atomic E-state index is -0.728. The predicted octanol–water partition coefficient (Wildman–Crippen LogP) is 4.15. The molecule has 2 atom stereocenters. The molecule has 0 spiro atoms. The van der Waals surface area contributed by atoms with E-state index in [9.17, 15) is 14.0 Å². The second-order valence-corrected chi connectivity index (χ2v) is 11.7. The van der Waals surface area contributed by atoms with Crippen molar-refractivity contribution in [3.63, 3.8) is 0 Å². The lowest BCUT2D eigenvalue weighted by atomic mass is 10.0. The Labute approximate surface area is 239 Å². The normalized spacial score (nSPS) is 21.3. The highest BCUT2D eigenvalue weighted by Crippen LogP contribution is 2.48. The number of nitrogens with zero attached hydrogens (tertiary/aromatic N) is 5. The van der Waals surface area contributed by atoms with E-state index in [1.54, 1.807) is 15.5 Å². The summed E-state index contributed by atoms with van der Waals surface area (Å²) in [5, 5.41) is 0.962. The zero-order valence-corrected chi connectivity index (χ0v) is 23.5. The number of carbonyl (C=O) groups excluding carboxylic acids is 1. The van der Waals surface area contributed by atoms with E-state index < -0.39 is 17.3 Å². The predicted molar refractivity (Wildman–Crippen MR) is 152 cm³/mol. The van der Waals surface area contributed by atoms with E-state index in [2.05, 4.69) is 16.5 Å². The fourth-order valence-electron chi connectivity index (χ4n) is 5.85. The Morgan fingerprint density at radius 3 is 2.80 bits per heavy atom. The molecule has 0 radical (unpaired) electrons. The number of benzene rings is 2. The maximum absolute atomic E-state index is 15.1. The molecule has 0 saturated carbocycles. The molecule has 3 aromatic rings. The van der Waals surface area contributed by atoms with Gasteiger partial charge in [-0.3, -0.25) is 14.3 Å². The standard InChI is InChI=1S/C28H28ClF2N5O3S/c1-3-23(37)34-6-7-35(16(2)12-34)27-20-11-21(29)24(19-5-4-17(30)10-22(19)31)26-25(20)36(28(38)32-27)18(14-40-26)13-33-8-9-39-15-33/h3-5,10-11,16,18H,1,6-9,12-15H2,2H3. The molecule has 1 aromatic heterocycles. The Balaban J connectivity index is 1.54. The average Bonchev–Trinajstić information content (AvgIpc) is 3.44. The summed E-state index contributed by atoms with van der Waals surface area (Å²) in [5.74, 6) is -0.521. The fourth-order valence-corrected chi connectivity index (χ4v) is 7.54. The first-order chi connectivity index (χ1) is 19.3. The van der Waals surface area contributed by atoms with E-state index in [0.717, 1.165) is 12.6 Å². The summed E-state index contributed by atoms with van der Waals surface area (Å²) >= 11 is 8.37. The van der Waals surface area contributed by atoms with E-state index in [0.29, 0.717) is 72.4 Å². The zero-order chi connectivity index (χ0) is 28.1. The summed E-state index contributed by atoms with van der Waals surface area (Å²) in [6, 6.07) is 4.82. The highest BCUT2D eigenvalue weighted by molar-refractivity contribution is 7.99. The highest BCUT2D eigenvalue weighted by Gasteiger charge is 2.34. The molecule has 4 heterocycles. The van der Waals surface area contributed by atoms with Crippen molar-refractivity contribution in [1.29, 1.82) is 0 Å². The van der Waals surface area contributed by atoms with Crippen molar-refractivity contribution < 1.29 is 18.3 Å². The molecule has 2 fully saturated rings. The van der Waals surface area contributed by atoms with E-state index >= 15 is 4.39 Å². The zero-order valence-electron chi connectivity index (χ0n) is 21.9. The van der Waals surface area contributed by atoms with E-state index in [1.165, 1.54) is 30.0 Å². The van der Waals surface area contributed by atoms with Gasteiger partial charge in [-0.15, -0.1) is 11.8 Å². The van der Waals surface area contributed by atoms with Gasteiger partial charge in [0.2, 0.25) is 5.91 Å². The van der Waals surface area contributed by atoms with E-state index in [4.69, 9.17) is 16.3 Å². The topological polar surface area (TPSA) is 70.9 Å². The number of ether oxygens (including phenoxy) is 1. The largest absolute Gasteiger partial charge is 0.365 e. The lowest BCUT2D eigenvalue weighted by molar-refractivity contribution is -0.126. The Morgan fingerprint density at radius 1 is 1.27 bits per heavy atom. The quantitative estimate of drug-likeness (QED) is 0.415. The van der Waals surface area contributed by atoms with Gasteiger partial charge in [0, 0.05) is 72.0 Å². The Kier molecular flexibility index (Phi) is 7.32. The van der Waals surface area contributed by atoms with Crippen LogP contribution in [0.4, 0.5) is 14.6 Å². The number of hydrogen-bond donors (Lipinski definition) is 0. The van der Waals surface area contributed by atoms with Crippen LogP contribution in [0.3, 0.4) is 0 Å². The molecule has 2 unspecified atom stereocenters. The Hall–Kier alpha value is -2.99. The molecule has 3 aliphatic heterocycles. The molecule has 210 valence electrons. The number of carbonyl (C=O) groups is 1. The molecule has 0 bridgehead atoms. The maximum Gasteiger partial charge on any atom is 0.350 e. The number of piperazine rings is 1. The van der Waals surface area contributed by atoms with Crippen molar-refractivity contribution in [1.82, 2.24) is 19.4 Å². The van der Waals surface area contributed by atoms with Gasteiger partial charge in [-0.1, -0.05) is 18.2 Å². The van der Waals surface area contributed by atoms with Gasteiger partial charge in [0.05, 0.1) is 29.9 Å². The van der Waals surface area contributed by atoms with Crippen molar-refractivity contribution in [2.75, 3.05) is 56.7 Å². The molecule has 6 rings (SSSR count). The number of thioether (sulfide) groups is 1. The van der Waals surface area contributed by atoms with Gasteiger partial charge in [0.25, 0.3) is 0 Å². The monoisotopic (exact) mass is 587 g/mol. The molecule has 40 heavy (non-hydrogen) atoms. The van der Waals surface area contributed by atoms with Gasteiger partial charge in [0.1, 0.15) is 17.5 Å². The first-order valence-corrected chi connectivity index (χ1v) is 14.5. The van der Waals surface area contributed by atoms with Crippen LogP contribution in [0.25, 0.3) is 22.0 Å². The van der Waals surface area contributed by atoms with Crippen LogP contribution in [0, 0.1) is 11.6 Å². The van der Waals surface area contributed by atoms with Gasteiger partial charge in [0.15, 0.2) is 0 Å². The SMILES string of the molecule is C=CC(=O)N1CCN(c2nc(=O)n3c4c(c(-c5ccc(F)cc5F)c(Cl)cc24)SCC3CN2CCOC2)C(C)C1. The number of hydrogen-bond acceptors (Lipinski definition) is 7. The van der Waals surface area contributed by atoms with Crippen LogP contribution in [-0.2, 0) is 9.53 Å². The molecule has 2 saturated heterocycles. The van der Waals surface area contributed by atoms with Crippen LogP contribution in [0.1, 0.15) is 13.0 Å². The van der Waals surface area contributed by atoms with Crippen molar-refractivity contribution in [2.24, 2.45) is 0 Å². The fraction of sp³-hybridized carbons (Fsp3) is 0.393. The summed E-state index contributed by atoms with van der Waals surface area (Å²) in [5.41, 5.74) is 0.832. The smallest absolute Gasteiger partial charge is 0.350 e. The summed E-state index contributed by atoms with van der Waals surface area (Å²) in [6.07, 6.45) is 1.30. The van der Waals surface area contributed by atoms with E-state index in [1.807, 2.05) is 11.8 Å². The molecular weight excluding hydrogens is 560 g/mol. The minimum absolute atomic E-state index is 0.131. The van der Waals surface area contributed by atoms with Crippen molar-refractivity contribution in [2.45, 2.75) is 23.9 Å². The summed E-state index contributed by atoms with van der Waals surface area (Å²) in [6.45, 7) is 9.44. The van der Waals surface area contributed by atoms with Crippen LogP contribution in [-0.4, -0.2) is 83.1 Å². The highest BCUT2D eigenvalue weighted by atomic mass is 35.5. The Morgan fingerprint density at radius 2 is 2.10 bits per heavy atom. The summed E-state index contributed by atoms with van der Waals surface area (Å²) < 4.78 is 36.1. The van der Waals surface area contributed by atoms with Gasteiger partial charge >= 0.3 is 5.69 Å². The van der Waals surface area contributed by atoms with Crippen molar-refractivity contribution >= 4 is 46.0 Å². The number of rotatable bonds is 5. The molecule has 2 aromatic carbocycles. The third-order valence-electron chi connectivity index (χ3n) is 7.76. The lowest BCUT2D eigenvalue weighted by Crippen LogP contribution is -2.54. The molecule has 8 nitrogen and oxygen atoms in total. The first-order valence-electron chi connectivity index (χ1n) is 13.1. The Bertz CT molecular complexity index is 1580. The van der Waals surface area contributed by atoms with Gasteiger partial charge in [-0.25, -0.2) is 13.6 Å². The van der Waals surface area contributed by atoms with Crippen LogP contribution in [0.5, 0.6) is 0 Å². The number of amides is 1. The first kappa shape index (κ1) is 27.2. The molecule has 0 N–H and O–H groups in total. The molecule has 3 aliphatic rings. The van der Waals surface area contributed by atoms with E-state index in [-0.39, 0.29) is 28.6 Å². The van der Waals surface area contributed by atoms with Crippen LogP contribution >= 0.6 is 23.4 Å². The number of aromatic nitrogens is 2. The molecule has 1 amide bonds. The third-order valence-corrected chi connectivity index (χ3v) is 9.30. The van der Waals surface area contributed by atoms with Gasteiger partial charge in [-0.2, -0.15) is 4.98 Å². The van der Waals surface area contributed by atoms with Crippen LogP contribution < -0.4 is 10.6 Å². The van der Waals surface area contributed by atoms with Crippen LogP contribution in [0.15, 0.2) is 46.6 Å². The third kappa shape index (κ3) is 4.68. The summed E-state index contributed by atoms with van der Waals surface area (Å²) in [7, 11) is 0. The molecule has 12 heteroatoms. The molecular formula is C28H28ClF2N5O3S. The molecule has 0 aliphatic carbocycles.